The summed E-state index contributed by atoms with van der Waals surface area (Å²) in [5.41, 5.74) is 14.8. The van der Waals surface area contributed by atoms with Crippen molar-refractivity contribution >= 4 is 78.6 Å². The molecule has 2 aliphatic heterocycles. The van der Waals surface area contributed by atoms with E-state index in [0.29, 0.717) is 0 Å². The first kappa shape index (κ1) is 34.7. The summed E-state index contributed by atoms with van der Waals surface area (Å²) in [6.07, 6.45) is 8.37. The number of aromatic nitrogens is 4. The number of H-pyrrole nitrogens is 2. The van der Waals surface area contributed by atoms with E-state index in [0.717, 1.165) is 112 Å². The van der Waals surface area contributed by atoms with Gasteiger partial charge in [0.1, 0.15) is 0 Å². The summed E-state index contributed by atoms with van der Waals surface area (Å²) in [7, 11) is 6.71. The Balaban J connectivity index is 1.44. The number of nitrogens with zero attached hydrogens (tertiary/aromatic N) is 2. The molecule has 56 heavy (non-hydrogen) atoms. The second-order valence-electron chi connectivity index (χ2n) is 13.4. The molecule has 2 aliphatic rings. The van der Waals surface area contributed by atoms with E-state index in [9.17, 15) is 0 Å². The van der Waals surface area contributed by atoms with Crippen molar-refractivity contribution in [3.05, 3.63) is 144 Å². The van der Waals surface area contributed by atoms with Gasteiger partial charge in [-0.05, 0) is 119 Å². The van der Waals surface area contributed by atoms with Gasteiger partial charge in [0.25, 0.3) is 0 Å². The maximum atomic E-state index is 5.53. The van der Waals surface area contributed by atoms with Crippen LogP contribution in [0.25, 0.3) is 90.9 Å². The van der Waals surface area contributed by atoms with Crippen LogP contribution >= 0.6 is 0 Å². The van der Waals surface area contributed by atoms with Gasteiger partial charge in [-0.2, -0.15) is 0 Å². The predicted molar refractivity (Wildman–Crippen MR) is 237 cm³/mol. The molecule has 4 aromatic carbocycles. The van der Waals surface area contributed by atoms with Crippen LogP contribution in [0.2, 0.25) is 0 Å². The number of rotatable bonds is 8. The first-order valence-corrected chi connectivity index (χ1v) is 18.3. The minimum atomic E-state index is 0.780. The minimum absolute atomic E-state index is 0.780. The van der Waals surface area contributed by atoms with Crippen molar-refractivity contribution in [2.75, 3.05) is 0 Å². The van der Waals surface area contributed by atoms with Gasteiger partial charge in [-0.3, -0.25) is 0 Å². The van der Waals surface area contributed by atoms with Crippen LogP contribution in [0, 0.1) is 0 Å². The van der Waals surface area contributed by atoms with Crippen molar-refractivity contribution in [2.45, 2.75) is 0 Å². The summed E-state index contributed by atoms with van der Waals surface area (Å²) in [6.45, 7) is 0. The van der Waals surface area contributed by atoms with E-state index in [1.54, 1.807) is 32.2 Å². The van der Waals surface area contributed by atoms with Crippen molar-refractivity contribution in [2.24, 2.45) is 0 Å². The molecule has 2 N–H and O–H groups in total. The Hall–Kier alpha value is -7.06. The van der Waals surface area contributed by atoms with Crippen molar-refractivity contribution in [1.82, 2.24) is 19.9 Å². The van der Waals surface area contributed by atoms with Crippen LogP contribution in [0.3, 0.4) is 0 Å². The third-order valence-corrected chi connectivity index (χ3v) is 10.3. The average molecular weight is 726 g/mol. The Kier molecular flexibility index (Phi) is 9.07. The molecule has 0 aliphatic carbocycles. The molecule has 8 nitrogen and oxygen atoms in total. The zero-order chi connectivity index (χ0) is 38.2. The quantitative estimate of drug-likeness (QED) is 0.164. The normalized spacial score (nSPS) is 11.7. The van der Waals surface area contributed by atoms with Gasteiger partial charge in [-0.1, -0.05) is 48.5 Å². The summed E-state index contributed by atoms with van der Waals surface area (Å²) < 4.78 is 22.1. The van der Waals surface area contributed by atoms with Gasteiger partial charge in [0.05, 0.1) is 45.8 Å². The number of nitrogens with one attached hydrogen (secondary N) is 2. The van der Waals surface area contributed by atoms with E-state index in [-0.39, 0.29) is 0 Å². The fraction of sp³-hybridized carbons (Fsp3) is 0. The van der Waals surface area contributed by atoms with Gasteiger partial charge < -0.3 is 28.6 Å². The Morgan fingerprint density at radius 3 is 0.714 bits per heavy atom. The van der Waals surface area contributed by atoms with Crippen LogP contribution in [0.1, 0.15) is 22.8 Å². The highest BCUT2D eigenvalue weighted by molar-refractivity contribution is 6.02. The van der Waals surface area contributed by atoms with Gasteiger partial charge in [-0.15, -0.1) is 0 Å². The molecule has 0 amide bonds. The SMILES string of the molecule is BOc1ccc(-c2c3nc(c(-c4ccc(OB)cc4)c4ccc([nH]4)c(-c4ccc(OB)cc4)c4nc(c(-c5ccc(OB)cc5)c5ccc2[nH]5)C=C4)C=C3)cc1. The number of benzene rings is 4. The van der Waals surface area contributed by atoms with Gasteiger partial charge >= 0.3 is 32.2 Å². The molecule has 12 heteroatoms. The molecule has 0 saturated heterocycles. The summed E-state index contributed by atoms with van der Waals surface area (Å²) >= 11 is 0. The lowest BCUT2D eigenvalue weighted by Crippen LogP contribution is -1.91. The molecular weight excluding hydrogens is 692 g/mol. The smallest absolute Gasteiger partial charge is 0.322 e. The number of hydrogen-bond acceptors (Lipinski definition) is 6. The largest absolute Gasteiger partial charge is 0.568 e. The van der Waals surface area contributed by atoms with Gasteiger partial charge in [0, 0.05) is 44.3 Å². The lowest BCUT2D eigenvalue weighted by Gasteiger charge is -2.08. The Bertz CT molecular complexity index is 2450. The Morgan fingerprint density at radius 1 is 0.304 bits per heavy atom. The van der Waals surface area contributed by atoms with Crippen LogP contribution < -0.4 is 18.6 Å². The Labute approximate surface area is 327 Å². The first-order chi connectivity index (χ1) is 27.5. The van der Waals surface area contributed by atoms with Crippen LogP contribution in [-0.2, 0) is 0 Å². The standard InChI is InChI=1S/C44H34B4N4O4/c45-53-29-9-1-25(2-10-29)41-33-17-19-35(49-33)42(26-3-11-30(54-46)12-4-26)37-21-23-39(51-37)44(28-7-15-32(56-48)16-8-28)40-24-22-38(52-40)43(36-20-18-34(41)50-36)27-5-13-31(55-47)14-6-27/h1-24,49,52H,45-48H2. The molecular formula is C44H34B4N4O4. The summed E-state index contributed by atoms with van der Waals surface area (Å²) in [5.74, 6) is 3.12. The summed E-state index contributed by atoms with van der Waals surface area (Å²) in [4.78, 5) is 18.4. The molecule has 7 aromatic rings. The molecule has 266 valence electrons. The summed E-state index contributed by atoms with van der Waals surface area (Å²) in [6, 6.07) is 40.9. The molecule has 3 aromatic heterocycles. The van der Waals surface area contributed by atoms with Crippen LogP contribution in [-0.4, -0.2) is 52.1 Å². The van der Waals surface area contributed by atoms with E-state index < -0.39 is 0 Å². The van der Waals surface area contributed by atoms with E-state index in [2.05, 4.69) is 107 Å². The second kappa shape index (κ2) is 14.6. The minimum Gasteiger partial charge on any atom is -0.568 e. The first-order valence-electron chi connectivity index (χ1n) is 18.3. The van der Waals surface area contributed by atoms with Gasteiger partial charge in [0.2, 0.25) is 0 Å². The average Bonchev–Trinajstić information content (AvgIpc) is 4.10. The van der Waals surface area contributed by atoms with Crippen LogP contribution in [0.15, 0.2) is 121 Å². The van der Waals surface area contributed by atoms with Crippen molar-refractivity contribution in [3.63, 3.8) is 0 Å². The third-order valence-electron chi connectivity index (χ3n) is 10.3. The lowest BCUT2D eigenvalue weighted by molar-refractivity contribution is 0.616. The molecule has 0 radical (unpaired) electrons. The fourth-order valence-electron chi connectivity index (χ4n) is 7.45. The van der Waals surface area contributed by atoms with Gasteiger partial charge in [0.15, 0.2) is 0 Å². The zero-order valence-corrected chi connectivity index (χ0v) is 31.4. The van der Waals surface area contributed by atoms with Crippen molar-refractivity contribution < 1.29 is 18.6 Å². The molecule has 8 bridgehead atoms. The number of hydrogen-bond donors (Lipinski definition) is 2. The third kappa shape index (κ3) is 6.35. The molecule has 5 heterocycles. The number of aromatic amines is 2. The van der Waals surface area contributed by atoms with E-state index in [1.165, 1.54) is 0 Å². The summed E-state index contributed by atoms with van der Waals surface area (Å²) in [5, 5.41) is 0. The zero-order valence-electron chi connectivity index (χ0n) is 31.4. The predicted octanol–water partition coefficient (Wildman–Crippen LogP) is 7.03. The van der Waals surface area contributed by atoms with E-state index >= 15 is 0 Å². The fourth-order valence-corrected chi connectivity index (χ4v) is 7.45. The Morgan fingerprint density at radius 2 is 0.518 bits per heavy atom. The highest BCUT2D eigenvalue weighted by Crippen LogP contribution is 2.39. The molecule has 0 unspecified atom stereocenters. The highest BCUT2D eigenvalue weighted by Gasteiger charge is 2.19. The maximum Gasteiger partial charge on any atom is 0.322 e. The molecule has 9 rings (SSSR count). The molecule has 0 fully saturated rings. The van der Waals surface area contributed by atoms with Crippen LogP contribution in [0.4, 0.5) is 0 Å². The molecule has 0 spiro atoms. The van der Waals surface area contributed by atoms with Crippen molar-refractivity contribution in [3.8, 4) is 67.5 Å². The van der Waals surface area contributed by atoms with Gasteiger partial charge in [-0.25, -0.2) is 9.97 Å². The van der Waals surface area contributed by atoms with Crippen LogP contribution in [0.5, 0.6) is 23.0 Å². The topological polar surface area (TPSA) is 94.3 Å². The van der Waals surface area contributed by atoms with Crippen molar-refractivity contribution in [1.29, 1.82) is 0 Å². The van der Waals surface area contributed by atoms with E-state index in [1.807, 2.05) is 48.5 Å². The lowest BCUT2D eigenvalue weighted by atomic mass is 10.0. The maximum absolute atomic E-state index is 5.53. The van der Waals surface area contributed by atoms with E-state index in [4.69, 9.17) is 28.6 Å². The highest BCUT2D eigenvalue weighted by atomic mass is 16.4. The molecule has 0 atom stereocenters. The number of fused-ring (bicyclic) bond motifs is 8. The molecule has 0 saturated carbocycles. The monoisotopic (exact) mass is 726 g/mol. The second-order valence-corrected chi connectivity index (χ2v) is 13.4.